The molecule has 0 saturated heterocycles. The van der Waals surface area contributed by atoms with Gasteiger partial charge in [0, 0.05) is 26.0 Å². The van der Waals surface area contributed by atoms with Crippen molar-refractivity contribution in [2.24, 2.45) is 12.0 Å². The average Bonchev–Trinajstić information content (AvgIpc) is 3.01. The van der Waals surface area contributed by atoms with Gasteiger partial charge in [-0.05, 0) is 37.3 Å². The van der Waals surface area contributed by atoms with E-state index in [1.165, 1.54) is 18.4 Å². The lowest BCUT2D eigenvalue weighted by Gasteiger charge is -2.12. The van der Waals surface area contributed by atoms with Crippen molar-refractivity contribution in [3.8, 4) is 5.75 Å². The topological polar surface area (TPSA) is 97.6 Å². The third kappa shape index (κ3) is 6.07. The summed E-state index contributed by atoms with van der Waals surface area (Å²) in [6.45, 7) is 4.27. The van der Waals surface area contributed by atoms with Crippen LogP contribution in [0, 0.1) is 0 Å². The fourth-order valence-electron chi connectivity index (χ4n) is 2.18. The SMILES string of the molecule is CCNC(=NCc1ccnn1C)NCCOc1ccc(S(C)(=O)=O)cc1. The van der Waals surface area contributed by atoms with E-state index in [0.717, 1.165) is 12.2 Å². The average molecular weight is 379 g/mol. The Morgan fingerprint density at radius 3 is 2.54 bits per heavy atom. The van der Waals surface area contributed by atoms with Crippen LogP contribution in [0.5, 0.6) is 5.75 Å². The molecule has 1 aromatic carbocycles. The largest absolute Gasteiger partial charge is 0.492 e. The number of hydrogen-bond donors (Lipinski definition) is 2. The molecule has 1 heterocycles. The van der Waals surface area contributed by atoms with Crippen molar-refractivity contribution >= 4 is 15.8 Å². The Hall–Kier alpha value is -2.55. The standard InChI is InChI=1S/C17H25N5O3S/c1-4-18-17(20-13-14-9-10-21-22(14)2)19-11-12-25-15-5-7-16(8-6-15)26(3,23)24/h5-10H,4,11-13H2,1-3H3,(H2,18,19,20). The van der Waals surface area contributed by atoms with Gasteiger partial charge in [-0.15, -0.1) is 0 Å². The van der Waals surface area contributed by atoms with E-state index in [2.05, 4.69) is 20.7 Å². The van der Waals surface area contributed by atoms with Crippen LogP contribution in [0.4, 0.5) is 0 Å². The molecule has 0 fully saturated rings. The monoisotopic (exact) mass is 379 g/mol. The summed E-state index contributed by atoms with van der Waals surface area (Å²) in [5.41, 5.74) is 1.02. The van der Waals surface area contributed by atoms with Gasteiger partial charge in [0.15, 0.2) is 15.8 Å². The Kier molecular flexibility index (Phi) is 7.02. The van der Waals surface area contributed by atoms with E-state index in [4.69, 9.17) is 4.74 Å². The Balaban J connectivity index is 1.81. The summed E-state index contributed by atoms with van der Waals surface area (Å²) in [7, 11) is -1.31. The Morgan fingerprint density at radius 1 is 1.23 bits per heavy atom. The van der Waals surface area contributed by atoms with Gasteiger partial charge in [0.2, 0.25) is 0 Å². The number of aliphatic imine (C=N–C) groups is 1. The van der Waals surface area contributed by atoms with Gasteiger partial charge in [0.1, 0.15) is 12.4 Å². The molecule has 2 N–H and O–H groups in total. The third-order valence-electron chi connectivity index (χ3n) is 3.58. The Morgan fingerprint density at radius 2 is 1.96 bits per heavy atom. The maximum atomic E-state index is 11.4. The highest BCUT2D eigenvalue weighted by molar-refractivity contribution is 7.90. The van der Waals surface area contributed by atoms with E-state index < -0.39 is 9.84 Å². The molecule has 8 nitrogen and oxygen atoms in total. The zero-order chi connectivity index (χ0) is 19.0. The second kappa shape index (κ2) is 9.23. The summed E-state index contributed by atoms with van der Waals surface area (Å²) in [5, 5.41) is 10.5. The van der Waals surface area contributed by atoms with Gasteiger partial charge in [0.25, 0.3) is 0 Å². The number of nitrogens with zero attached hydrogens (tertiary/aromatic N) is 3. The second-order valence-electron chi connectivity index (χ2n) is 5.66. The molecule has 2 rings (SSSR count). The first-order valence-electron chi connectivity index (χ1n) is 8.32. The second-order valence-corrected chi connectivity index (χ2v) is 7.68. The van der Waals surface area contributed by atoms with E-state index >= 15 is 0 Å². The van der Waals surface area contributed by atoms with Crippen LogP contribution in [0.15, 0.2) is 46.4 Å². The first-order chi connectivity index (χ1) is 12.4. The third-order valence-corrected chi connectivity index (χ3v) is 4.71. The van der Waals surface area contributed by atoms with Crippen LogP contribution in [0.25, 0.3) is 0 Å². The van der Waals surface area contributed by atoms with Crippen molar-refractivity contribution in [3.63, 3.8) is 0 Å². The molecular formula is C17H25N5O3S. The van der Waals surface area contributed by atoms with E-state index in [1.54, 1.807) is 23.0 Å². The van der Waals surface area contributed by atoms with Gasteiger partial charge in [-0.25, -0.2) is 13.4 Å². The minimum absolute atomic E-state index is 0.278. The van der Waals surface area contributed by atoms with Crippen LogP contribution in [0.1, 0.15) is 12.6 Å². The van der Waals surface area contributed by atoms with Gasteiger partial charge >= 0.3 is 0 Å². The number of benzene rings is 1. The molecule has 0 atom stereocenters. The fraction of sp³-hybridized carbons (Fsp3) is 0.412. The highest BCUT2D eigenvalue weighted by Gasteiger charge is 2.06. The molecule has 0 aliphatic carbocycles. The molecular weight excluding hydrogens is 354 g/mol. The summed E-state index contributed by atoms with van der Waals surface area (Å²) in [6.07, 6.45) is 2.92. The number of hydrogen-bond acceptors (Lipinski definition) is 5. The number of guanidine groups is 1. The summed E-state index contributed by atoms with van der Waals surface area (Å²) in [5.74, 6) is 1.32. The predicted octanol–water partition coefficient (Wildman–Crippen LogP) is 0.958. The number of rotatable bonds is 8. The molecule has 26 heavy (non-hydrogen) atoms. The minimum Gasteiger partial charge on any atom is -0.492 e. The van der Waals surface area contributed by atoms with Crippen molar-refractivity contribution in [1.82, 2.24) is 20.4 Å². The van der Waals surface area contributed by atoms with Crippen molar-refractivity contribution in [1.29, 1.82) is 0 Å². The van der Waals surface area contributed by atoms with E-state index in [0.29, 0.717) is 31.4 Å². The molecule has 0 saturated carbocycles. The molecule has 0 unspecified atom stereocenters. The summed E-state index contributed by atoms with van der Waals surface area (Å²) in [4.78, 5) is 4.79. The van der Waals surface area contributed by atoms with E-state index in [-0.39, 0.29) is 4.90 Å². The summed E-state index contributed by atoms with van der Waals surface area (Å²) < 4.78 is 30.3. The molecule has 9 heteroatoms. The van der Waals surface area contributed by atoms with Crippen LogP contribution < -0.4 is 15.4 Å². The van der Waals surface area contributed by atoms with Crippen LogP contribution in [0.2, 0.25) is 0 Å². The zero-order valence-electron chi connectivity index (χ0n) is 15.3. The van der Waals surface area contributed by atoms with Crippen molar-refractivity contribution < 1.29 is 13.2 Å². The summed E-state index contributed by atoms with van der Waals surface area (Å²) in [6, 6.07) is 8.31. The highest BCUT2D eigenvalue weighted by atomic mass is 32.2. The number of aromatic nitrogens is 2. The van der Waals surface area contributed by atoms with Crippen molar-refractivity contribution in [2.45, 2.75) is 18.4 Å². The predicted molar refractivity (Wildman–Crippen MR) is 101 cm³/mol. The zero-order valence-corrected chi connectivity index (χ0v) is 16.1. The normalized spacial score (nSPS) is 12.0. The molecule has 0 spiro atoms. The van der Waals surface area contributed by atoms with Crippen molar-refractivity contribution in [2.75, 3.05) is 26.0 Å². The van der Waals surface area contributed by atoms with Gasteiger partial charge in [-0.2, -0.15) is 5.10 Å². The van der Waals surface area contributed by atoms with Crippen LogP contribution in [-0.2, 0) is 23.4 Å². The minimum atomic E-state index is -3.19. The number of nitrogens with one attached hydrogen (secondary N) is 2. The maximum absolute atomic E-state index is 11.4. The van der Waals surface area contributed by atoms with E-state index in [1.807, 2.05) is 20.0 Å². The van der Waals surface area contributed by atoms with Crippen molar-refractivity contribution in [3.05, 3.63) is 42.2 Å². The quantitative estimate of drug-likeness (QED) is 0.403. The first kappa shape index (κ1) is 19.8. The smallest absolute Gasteiger partial charge is 0.191 e. The maximum Gasteiger partial charge on any atom is 0.191 e. The molecule has 0 aliphatic rings. The summed E-state index contributed by atoms with van der Waals surface area (Å²) >= 11 is 0. The van der Waals surface area contributed by atoms with Crippen LogP contribution >= 0.6 is 0 Å². The number of aryl methyl sites for hydroxylation is 1. The number of ether oxygens (including phenoxy) is 1. The molecule has 1 aromatic heterocycles. The molecule has 2 aromatic rings. The van der Waals surface area contributed by atoms with Crippen LogP contribution in [-0.4, -0.2) is 50.1 Å². The molecule has 0 amide bonds. The van der Waals surface area contributed by atoms with Gasteiger partial charge in [-0.1, -0.05) is 0 Å². The lowest BCUT2D eigenvalue weighted by Crippen LogP contribution is -2.39. The Labute approximate surface area is 154 Å². The van der Waals surface area contributed by atoms with Crippen LogP contribution in [0.3, 0.4) is 0 Å². The molecule has 0 aliphatic heterocycles. The lowest BCUT2D eigenvalue weighted by molar-refractivity contribution is 0.321. The van der Waals surface area contributed by atoms with Gasteiger partial charge in [0.05, 0.1) is 23.7 Å². The molecule has 0 radical (unpaired) electrons. The van der Waals surface area contributed by atoms with Gasteiger partial charge < -0.3 is 15.4 Å². The number of sulfone groups is 1. The molecule has 142 valence electrons. The van der Waals surface area contributed by atoms with E-state index in [9.17, 15) is 8.42 Å². The van der Waals surface area contributed by atoms with Gasteiger partial charge in [-0.3, -0.25) is 4.68 Å². The lowest BCUT2D eigenvalue weighted by atomic mass is 10.3. The highest BCUT2D eigenvalue weighted by Crippen LogP contribution is 2.15. The fourth-order valence-corrected chi connectivity index (χ4v) is 2.81. The first-order valence-corrected chi connectivity index (χ1v) is 10.2. The molecule has 0 bridgehead atoms. The Bertz CT molecular complexity index is 828.